The Kier molecular flexibility index (Phi) is 3.22. The van der Waals surface area contributed by atoms with E-state index in [0.29, 0.717) is 12.3 Å². The Balaban J connectivity index is 2.53. The molecule has 0 spiro atoms. The predicted molar refractivity (Wildman–Crippen MR) is 47.4 cm³/mol. The topological polar surface area (TPSA) is 39.2 Å². The first-order valence-corrected chi connectivity index (χ1v) is 4.71. The second-order valence-electron chi connectivity index (χ2n) is 2.39. The lowest BCUT2D eigenvalue weighted by Gasteiger charge is -1.98. The Morgan fingerprint density at radius 3 is 3.00 bits per heavy atom. The largest absolute Gasteiger partial charge is 0.461 e. The number of carbonyl (C=O) groups excluding carboxylic acids is 1. The molecule has 12 heavy (non-hydrogen) atoms. The van der Waals surface area contributed by atoms with Crippen LogP contribution in [0.25, 0.3) is 0 Å². The van der Waals surface area contributed by atoms with Crippen molar-refractivity contribution in [1.29, 1.82) is 0 Å². The Morgan fingerprint density at radius 2 is 2.50 bits per heavy atom. The van der Waals surface area contributed by atoms with Crippen molar-refractivity contribution in [2.24, 2.45) is 0 Å². The maximum absolute atomic E-state index is 11.1. The number of thiazole rings is 1. The Hall–Kier alpha value is -0.900. The second-order valence-corrected chi connectivity index (χ2v) is 3.45. The van der Waals surface area contributed by atoms with Crippen LogP contribution in [0.2, 0.25) is 0 Å². The SMILES string of the molecule is CCCOC(=O)c1csc(C)n1. The van der Waals surface area contributed by atoms with Gasteiger partial charge in [-0.25, -0.2) is 9.78 Å². The van der Waals surface area contributed by atoms with Crippen molar-refractivity contribution < 1.29 is 9.53 Å². The number of carbonyl (C=O) groups is 1. The van der Waals surface area contributed by atoms with E-state index in [9.17, 15) is 4.79 Å². The van der Waals surface area contributed by atoms with Gasteiger partial charge in [0.05, 0.1) is 11.6 Å². The van der Waals surface area contributed by atoms with Crippen LogP contribution in [0.1, 0.15) is 28.8 Å². The molecule has 0 amide bonds. The monoisotopic (exact) mass is 185 g/mol. The minimum atomic E-state index is -0.318. The molecule has 0 fully saturated rings. The fraction of sp³-hybridized carbons (Fsp3) is 0.500. The summed E-state index contributed by atoms with van der Waals surface area (Å²) in [5.41, 5.74) is 0.422. The highest BCUT2D eigenvalue weighted by molar-refractivity contribution is 7.09. The van der Waals surface area contributed by atoms with E-state index < -0.39 is 0 Å². The molecule has 0 atom stereocenters. The molecule has 0 saturated heterocycles. The number of hydrogen-bond acceptors (Lipinski definition) is 4. The molecule has 1 heterocycles. The highest BCUT2D eigenvalue weighted by Gasteiger charge is 2.09. The van der Waals surface area contributed by atoms with Gasteiger partial charge in [-0.15, -0.1) is 11.3 Å². The van der Waals surface area contributed by atoms with Crippen LogP contribution in [0.4, 0.5) is 0 Å². The number of nitrogens with zero attached hydrogens (tertiary/aromatic N) is 1. The summed E-state index contributed by atoms with van der Waals surface area (Å²) < 4.78 is 4.90. The molecular formula is C8H11NO2S. The molecule has 1 rings (SSSR count). The molecule has 0 unspecified atom stereocenters. The van der Waals surface area contributed by atoms with Crippen LogP contribution in [0.3, 0.4) is 0 Å². The third-order valence-corrected chi connectivity index (χ3v) is 2.04. The van der Waals surface area contributed by atoms with E-state index in [-0.39, 0.29) is 5.97 Å². The maximum Gasteiger partial charge on any atom is 0.357 e. The molecule has 3 nitrogen and oxygen atoms in total. The minimum Gasteiger partial charge on any atom is -0.461 e. The van der Waals surface area contributed by atoms with Gasteiger partial charge in [0.2, 0.25) is 0 Å². The summed E-state index contributed by atoms with van der Waals surface area (Å²) in [6.45, 7) is 4.29. The number of ether oxygens (including phenoxy) is 1. The van der Waals surface area contributed by atoms with Gasteiger partial charge in [0.25, 0.3) is 0 Å². The van der Waals surface area contributed by atoms with Crippen molar-refractivity contribution >= 4 is 17.3 Å². The van der Waals surface area contributed by atoms with Gasteiger partial charge < -0.3 is 4.74 Å². The van der Waals surface area contributed by atoms with Crippen LogP contribution in [0.5, 0.6) is 0 Å². The maximum atomic E-state index is 11.1. The molecule has 0 aromatic carbocycles. The second kappa shape index (κ2) is 4.21. The van der Waals surface area contributed by atoms with Crippen molar-refractivity contribution in [3.05, 3.63) is 16.1 Å². The fourth-order valence-electron chi connectivity index (χ4n) is 0.726. The van der Waals surface area contributed by atoms with Crippen LogP contribution in [-0.4, -0.2) is 17.6 Å². The molecule has 1 aromatic rings. The first-order chi connectivity index (χ1) is 5.74. The summed E-state index contributed by atoms with van der Waals surface area (Å²) in [6, 6.07) is 0. The summed E-state index contributed by atoms with van der Waals surface area (Å²) in [5.74, 6) is -0.318. The zero-order valence-electron chi connectivity index (χ0n) is 7.16. The zero-order chi connectivity index (χ0) is 8.97. The quantitative estimate of drug-likeness (QED) is 0.676. The molecule has 0 N–H and O–H groups in total. The van der Waals surface area contributed by atoms with Gasteiger partial charge >= 0.3 is 5.97 Å². The summed E-state index contributed by atoms with van der Waals surface area (Å²) >= 11 is 1.45. The van der Waals surface area contributed by atoms with Crippen molar-refractivity contribution in [2.45, 2.75) is 20.3 Å². The van der Waals surface area contributed by atoms with Crippen molar-refractivity contribution in [2.75, 3.05) is 6.61 Å². The highest BCUT2D eigenvalue weighted by atomic mass is 32.1. The Bertz CT molecular complexity index is 270. The van der Waals surface area contributed by atoms with Gasteiger partial charge in [0, 0.05) is 5.38 Å². The average Bonchev–Trinajstić information content (AvgIpc) is 2.47. The third kappa shape index (κ3) is 2.30. The fourth-order valence-corrected chi connectivity index (χ4v) is 1.31. The average molecular weight is 185 g/mol. The molecule has 0 aliphatic carbocycles. The van der Waals surface area contributed by atoms with Crippen LogP contribution >= 0.6 is 11.3 Å². The number of rotatable bonds is 3. The van der Waals surface area contributed by atoms with Gasteiger partial charge in [-0.1, -0.05) is 6.92 Å². The predicted octanol–water partition coefficient (Wildman–Crippen LogP) is 2.02. The molecule has 0 radical (unpaired) electrons. The van der Waals surface area contributed by atoms with Gasteiger partial charge in [-0.2, -0.15) is 0 Å². The molecule has 0 bridgehead atoms. The first-order valence-electron chi connectivity index (χ1n) is 3.83. The highest BCUT2D eigenvalue weighted by Crippen LogP contribution is 2.08. The number of esters is 1. The van der Waals surface area contributed by atoms with Crippen molar-refractivity contribution in [1.82, 2.24) is 4.98 Å². The lowest BCUT2D eigenvalue weighted by molar-refractivity contribution is 0.0499. The van der Waals surface area contributed by atoms with Gasteiger partial charge in [-0.3, -0.25) is 0 Å². The summed E-state index contributed by atoms with van der Waals surface area (Å²) in [4.78, 5) is 15.1. The Labute approximate surface area is 75.4 Å². The van der Waals surface area contributed by atoms with Crippen LogP contribution in [0, 0.1) is 6.92 Å². The molecule has 0 aliphatic heterocycles. The van der Waals surface area contributed by atoms with Gasteiger partial charge in [0.15, 0.2) is 5.69 Å². The number of hydrogen-bond donors (Lipinski definition) is 0. The van der Waals surface area contributed by atoms with Gasteiger partial charge in [0.1, 0.15) is 0 Å². The zero-order valence-corrected chi connectivity index (χ0v) is 7.98. The van der Waals surface area contributed by atoms with E-state index in [1.807, 2.05) is 13.8 Å². The van der Waals surface area contributed by atoms with E-state index >= 15 is 0 Å². The lowest BCUT2D eigenvalue weighted by atomic mass is 10.5. The normalized spacial score (nSPS) is 9.83. The third-order valence-electron chi connectivity index (χ3n) is 1.27. The number of aromatic nitrogens is 1. The van der Waals surface area contributed by atoms with Crippen molar-refractivity contribution in [3.63, 3.8) is 0 Å². The van der Waals surface area contributed by atoms with E-state index in [4.69, 9.17) is 4.74 Å². The standard InChI is InChI=1S/C8H11NO2S/c1-3-4-11-8(10)7-5-12-6(2)9-7/h5H,3-4H2,1-2H3. The first kappa shape index (κ1) is 9.19. The molecular weight excluding hydrogens is 174 g/mol. The smallest absolute Gasteiger partial charge is 0.357 e. The Morgan fingerprint density at radius 1 is 1.75 bits per heavy atom. The lowest BCUT2D eigenvalue weighted by Crippen LogP contribution is -2.05. The number of aryl methyl sites for hydroxylation is 1. The molecule has 0 aliphatic rings. The molecule has 0 saturated carbocycles. The van der Waals surface area contributed by atoms with E-state index in [1.165, 1.54) is 11.3 Å². The summed E-state index contributed by atoms with van der Waals surface area (Å²) in [5, 5.41) is 2.60. The summed E-state index contributed by atoms with van der Waals surface area (Å²) in [7, 11) is 0. The van der Waals surface area contributed by atoms with Crippen molar-refractivity contribution in [3.8, 4) is 0 Å². The van der Waals surface area contributed by atoms with Gasteiger partial charge in [-0.05, 0) is 13.3 Å². The molecule has 66 valence electrons. The molecule has 4 heteroatoms. The summed E-state index contributed by atoms with van der Waals surface area (Å²) in [6.07, 6.45) is 0.842. The van der Waals surface area contributed by atoms with Crippen LogP contribution < -0.4 is 0 Å². The van der Waals surface area contributed by atoms with E-state index in [2.05, 4.69) is 4.98 Å². The van der Waals surface area contributed by atoms with Crippen LogP contribution in [-0.2, 0) is 4.74 Å². The molecule has 1 aromatic heterocycles. The van der Waals surface area contributed by atoms with Crippen LogP contribution in [0.15, 0.2) is 5.38 Å². The minimum absolute atomic E-state index is 0.318. The van der Waals surface area contributed by atoms with E-state index in [1.54, 1.807) is 5.38 Å². The van der Waals surface area contributed by atoms with E-state index in [0.717, 1.165) is 11.4 Å².